The lowest BCUT2D eigenvalue weighted by atomic mass is 10.0. The molecule has 2 rings (SSSR count). The number of aromatic nitrogens is 2. The van der Waals surface area contributed by atoms with Crippen LogP contribution in [0, 0.1) is 12.8 Å². The Kier molecular flexibility index (Phi) is 5.39. The van der Waals surface area contributed by atoms with Crippen molar-refractivity contribution in [3.05, 3.63) is 11.4 Å². The first kappa shape index (κ1) is 16.0. The molecule has 1 aromatic rings. The van der Waals surface area contributed by atoms with E-state index in [1.54, 1.807) is 0 Å². The summed E-state index contributed by atoms with van der Waals surface area (Å²) >= 11 is 0. The van der Waals surface area contributed by atoms with E-state index >= 15 is 0 Å². The van der Waals surface area contributed by atoms with Gasteiger partial charge in [0.25, 0.3) is 0 Å². The molecule has 0 bridgehead atoms. The Bertz CT molecular complexity index is 470. The summed E-state index contributed by atoms with van der Waals surface area (Å²) in [5.41, 5.74) is 1.09. The van der Waals surface area contributed by atoms with Gasteiger partial charge < -0.3 is 15.4 Å². The van der Waals surface area contributed by atoms with Gasteiger partial charge in [-0.05, 0) is 27.2 Å². The molecule has 2 heterocycles. The van der Waals surface area contributed by atoms with Crippen LogP contribution in [0.3, 0.4) is 0 Å². The third-order valence-electron chi connectivity index (χ3n) is 4.06. The fraction of sp³-hybridized carbons (Fsp3) is 0.750. The molecule has 0 radical (unpaired) electrons. The minimum atomic E-state index is 0.314. The van der Waals surface area contributed by atoms with Gasteiger partial charge in [0.15, 0.2) is 0 Å². The highest BCUT2D eigenvalue weighted by Gasteiger charge is 2.23. The molecule has 1 aliphatic rings. The molecule has 1 aromatic heterocycles. The number of nitrogens with one attached hydrogen (secondary N) is 2. The second-order valence-electron chi connectivity index (χ2n) is 6.15. The predicted octanol–water partition coefficient (Wildman–Crippen LogP) is 3.18. The molecule has 1 saturated heterocycles. The summed E-state index contributed by atoms with van der Waals surface area (Å²) < 4.78 is 5.49. The van der Waals surface area contributed by atoms with Crippen LogP contribution in [0.5, 0.6) is 0 Å². The molecule has 1 aliphatic heterocycles. The summed E-state index contributed by atoms with van der Waals surface area (Å²) in [6, 6.07) is 0.357. The normalized spacial score (nSPS) is 19.8. The van der Waals surface area contributed by atoms with Gasteiger partial charge in [-0.15, -0.1) is 0 Å². The van der Waals surface area contributed by atoms with E-state index in [4.69, 9.17) is 9.72 Å². The van der Waals surface area contributed by atoms with Crippen LogP contribution < -0.4 is 10.6 Å². The van der Waals surface area contributed by atoms with Gasteiger partial charge in [0, 0.05) is 36.6 Å². The molecular formula is C16H28N4O. The van der Waals surface area contributed by atoms with E-state index in [9.17, 15) is 0 Å². The molecule has 0 aliphatic carbocycles. The van der Waals surface area contributed by atoms with Crippen molar-refractivity contribution in [3.63, 3.8) is 0 Å². The number of hydrogen-bond donors (Lipinski definition) is 2. The topological polar surface area (TPSA) is 59.1 Å². The Balaban J connectivity index is 2.23. The fourth-order valence-corrected chi connectivity index (χ4v) is 2.55. The standard InChI is InChI=1S/C16H28N4O/c1-6-17-15-11(4)16(20-14(19-15)10(2)3)18-12(5)13-7-8-21-9-13/h10,12-13H,6-9H2,1-5H3,(H2,17,18,19,20). The van der Waals surface area contributed by atoms with Gasteiger partial charge in [0.2, 0.25) is 0 Å². The Labute approximate surface area is 127 Å². The van der Waals surface area contributed by atoms with Crippen LogP contribution in [0.1, 0.15) is 51.4 Å². The summed E-state index contributed by atoms with van der Waals surface area (Å²) in [4.78, 5) is 9.36. The second-order valence-corrected chi connectivity index (χ2v) is 6.15. The molecular weight excluding hydrogens is 264 g/mol. The van der Waals surface area contributed by atoms with Crippen molar-refractivity contribution in [2.45, 2.75) is 53.0 Å². The maximum absolute atomic E-state index is 5.49. The molecule has 2 N–H and O–H groups in total. The highest BCUT2D eigenvalue weighted by molar-refractivity contribution is 5.57. The molecule has 5 nitrogen and oxygen atoms in total. The summed E-state index contributed by atoms with van der Waals surface area (Å²) in [6.07, 6.45) is 1.12. The van der Waals surface area contributed by atoms with Crippen molar-refractivity contribution >= 4 is 11.6 Å². The number of rotatable bonds is 6. The van der Waals surface area contributed by atoms with E-state index in [-0.39, 0.29) is 0 Å². The third-order valence-corrected chi connectivity index (χ3v) is 4.06. The smallest absolute Gasteiger partial charge is 0.135 e. The molecule has 5 heteroatoms. The van der Waals surface area contributed by atoms with Gasteiger partial charge in [-0.2, -0.15) is 0 Å². The van der Waals surface area contributed by atoms with Crippen molar-refractivity contribution in [1.29, 1.82) is 0 Å². The molecule has 2 atom stereocenters. The Morgan fingerprint density at radius 1 is 1.24 bits per heavy atom. The van der Waals surface area contributed by atoms with Crippen LogP contribution >= 0.6 is 0 Å². The van der Waals surface area contributed by atoms with Crippen LogP contribution in [-0.2, 0) is 4.74 Å². The molecule has 0 spiro atoms. The lowest BCUT2D eigenvalue weighted by Crippen LogP contribution is -2.27. The first-order valence-corrected chi connectivity index (χ1v) is 7.99. The van der Waals surface area contributed by atoms with E-state index < -0.39 is 0 Å². The van der Waals surface area contributed by atoms with Crippen LogP contribution in [-0.4, -0.2) is 35.8 Å². The van der Waals surface area contributed by atoms with Crippen LogP contribution in [0.4, 0.5) is 11.6 Å². The van der Waals surface area contributed by atoms with Gasteiger partial charge in [0.05, 0.1) is 6.61 Å². The van der Waals surface area contributed by atoms with Crippen molar-refractivity contribution in [1.82, 2.24) is 9.97 Å². The van der Waals surface area contributed by atoms with Crippen LogP contribution in [0.2, 0.25) is 0 Å². The average Bonchev–Trinajstić information content (AvgIpc) is 2.97. The molecule has 0 amide bonds. The van der Waals surface area contributed by atoms with Crippen LogP contribution in [0.15, 0.2) is 0 Å². The maximum Gasteiger partial charge on any atom is 0.135 e. The van der Waals surface area contributed by atoms with Gasteiger partial charge in [-0.1, -0.05) is 13.8 Å². The maximum atomic E-state index is 5.49. The predicted molar refractivity (Wildman–Crippen MR) is 87.0 cm³/mol. The Hall–Kier alpha value is -1.36. The van der Waals surface area contributed by atoms with E-state index in [1.807, 2.05) is 0 Å². The molecule has 1 fully saturated rings. The second kappa shape index (κ2) is 7.07. The molecule has 0 saturated carbocycles. The summed E-state index contributed by atoms with van der Waals surface area (Å²) in [7, 11) is 0. The Morgan fingerprint density at radius 2 is 1.95 bits per heavy atom. The molecule has 118 valence electrons. The quantitative estimate of drug-likeness (QED) is 0.843. The lowest BCUT2D eigenvalue weighted by Gasteiger charge is -2.22. The average molecular weight is 292 g/mol. The summed E-state index contributed by atoms with van der Waals surface area (Å²) in [6.45, 7) is 13.2. The largest absolute Gasteiger partial charge is 0.381 e. The lowest BCUT2D eigenvalue weighted by molar-refractivity contribution is 0.183. The number of nitrogens with zero attached hydrogens (tertiary/aromatic N) is 2. The van der Waals surface area contributed by atoms with Gasteiger partial charge in [-0.3, -0.25) is 0 Å². The number of ether oxygens (including phenoxy) is 1. The van der Waals surface area contributed by atoms with Crippen LogP contribution in [0.25, 0.3) is 0 Å². The minimum absolute atomic E-state index is 0.314. The molecule has 0 aromatic carbocycles. The SMILES string of the molecule is CCNc1nc(C(C)C)nc(NC(C)C2CCOC2)c1C. The number of anilines is 2. The van der Waals surface area contributed by atoms with Crippen molar-refractivity contribution in [2.75, 3.05) is 30.4 Å². The summed E-state index contributed by atoms with van der Waals surface area (Å²) in [5, 5.41) is 6.91. The Morgan fingerprint density at radius 3 is 2.52 bits per heavy atom. The highest BCUT2D eigenvalue weighted by atomic mass is 16.5. The van der Waals surface area contributed by atoms with Gasteiger partial charge >= 0.3 is 0 Å². The summed E-state index contributed by atoms with van der Waals surface area (Å²) in [5.74, 6) is 3.64. The molecule has 21 heavy (non-hydrogen) atoms. The third kappa shape index (κ3) is 3.84. The monoisotopic (exact) mass is 292 g/mol. The zero-order valence-electron chi connectivity index (χ0n) is 13.9. The van der Waals surface area contributed by atoms with Gasteiger partial charge in [-0.25, -0.2) is 9.97 Å². The van der Waals surface area contributed by atoms with E-state index in [2.05, 4.69) is 50.2 Å². The van der Waals surface area contributed by atoms with Crippen molar-refractivity contribution in [3.8, 4) is 0 Å². The van der Waals surface area contributed by atoms with Crippen molar-refractivity contribution in [2.24, 2.45) is 5.92 Å². The van der Waals surface area contributed by atoms with Gasteiger partial charge in [0.1, 0.15) is 17.5 Å². The number of hydrogen-bond acceptors (Lipinski definition) is 5. The first-order valence-electron chi connectivity index (χ1n) is 7.99. The zero-order chi connectivity index (χ0) is 15.4. The first-order chi connectivity index (χ1) is 10.0. The van der Waals surface area contributed by atoms with Crippen molar-refractivity contribution < 1.29 is 4.74 Å². The highest BCUT2D eigenvalue weighted by Crippen LogP contribution is 2.26. The molecule has 2 unspecified atom stereocenters. The fourth-order valence-electron chi connectivity index (χ4n) is 2.55. The van der Waals surface area contributed by atoms with E-state index in [0.717, 1.165) is 49.2 Å². The minimum Gasteiger partial charge on any atom is -0.381 e. The van der Waals surface area contributed by atoms with E-state index in [0.29, 0.717) is 17.9 Å². The van der Waals surface area contributed by atoms with E-state index in [1.165, 1.54) is 0 Å². The zero-order valence-corrected chi connectivity index (χ0v) is 13.9.